The molecule has 1 N–H and O–H groups in total. The molecule has 0 bridgehead atoms. The van der Waals surface area contributed by atoms with Gasteiger partial charge in [0.25, 0.3) is 0 Å². The molecule has 0 saturated heterocycles. The second-order valence-electron chi connectivity index (χ2n) is 2.96. The summed E-state index contributed by atoms with van der Waals surface area (Å²) in [5.74, 6) is -0.402. The molecule has 0 aliphatic carbocycles. The number of benzene rings is 1. The highest BCUT2D eigenvalue weighted by atomic mass is 35.5. The van der Waals surface area contributed by atoms with Gasteiger partial charge in [0.1, 0.15) is 23.5 Å². The predicted octanol–water partition coefficient (Wildman–Crippen LogP) is 3.13. The van der Waals surface area contributed by atoms with Gasteiger partial charge in [-0.3, -0.25) is 0 Å². The number of hydrogen-bond donors (Lipinski definition) is 1. The Morgan fingerprint density at radius 2 is 2.06 bits per heavy atom. The smallest absolute Gasteiger partial charge is 0.145 e. The lowest BCUT2D eigenvalue weighted by Gasteiger charge is -2.06. The zero-order valence-electron chi connectivity index (χ0n) is 8.38. The summed E-state index contributed by atoms with van der Waals surface area (Å²) < 4.78 is 13.1. The van der Waals surface area contributed by atoms with Gasteiger partial charge in [-0.25, -0.2) is 4.39 Å². The standard InChI is InChI=1S/C11H7ClFN3/c1-7-9(13)2-3-10(11(7)12)16-6-8(4-14)5-15/h2-3,6,16H,1H3. The zero-order valence-corrected chi connectivity index (χ0v) is 9.14. The van der Waals surface area contributed by atoms with Crippen LogP contribution < -0.4 is 5.32 Å². The SMILES string of the molecule is Cc1c(F)ccc(NC=C(C#N)C#N)c1Cl. The van der Waals surface area contributed by atoms with E-state index in [0.717, 1.165) is 0 Å². The number of nitrogens with zero attached hydrogens (tertiary/aromatic N) is 2. The lowest BCUT2D eigenvalue weighted by molar-refractivity contribution is 0.619. The number of hydrogen-bond acceptors (Lipinski definition) is 3. The van der Waals surface area contributed by atoms with Gasteiger partial charge in [-0.2, -0.15) is 10.5 Å². The minimum atomic E-state index is -0.402. The van der Waals surface area contributed by atoms with Gasteiger partial charge in [-0.05, 0) is 19.1 Å². The van der Waals surface area contributed by atoms with Crippen LogP contribution in [0.15, 0.2) is 23.9 Å². The summed E-state index contributed by atoms with van der Waals surface area (Å²) in [6.07, 6.45) is 1.22. The Kier molecular flexibility index (Phi) is 3.88. The van der Waals surface area contributed by atoms with Crippen LogP contribution in [0, 0.1) is 35.4 Å². The van der Waals surface area contributed by atoms with E-state index in [1.54, 1.807) is 19.1 Å². The normalized spacial score (nSPS) is 8.81. The molecule has 1 aromatic carbocycles. The van der Waals surface area contributed by atoms with E-state index in [1.165, 1.54) is 18.3 Å². The second-order valence-corrected chi connectivity index (χ2v) is 3.34. The van der Waals surface area contributed by atoms with E-state index in [0.29, 0.717) is 11.3 Å². The minimum absolute atomic E-state index is 0.0851. The fraction of sp³-hybridized carbons (Fsp3) is 0.0909. The van der Waals surface area contributed by atoms with Gasteiger partial charge in [-0.15, -0.1) is 0 Å². The fourth-order valence-corrected chi connectivity index (χ4v) is 1.22. The summed E-state index contributed by atoms with van der Waals surface area (Å²) >= 11 is 5.87. The summed E-state index contributed by atoms with van der Waals surface area (Å²) in [7, 11) is 0. The van der Waals surface area contributed by atoms with E-state index < -0.39 is 5.82 Å². The number of nitrogens with one attached hydrogen (secondary N) is 1. The van der Waals surface area contributed by atoms with Gasteiger partial charge in [-0.1, -0.05) is 11.6 Å². The molecule has 0 aliphatic rings. The molecule has 80 valence electrons. The topological polar surface area (TPSA) is 59.6 Å². The maximum atomic E-state index is 13.1. The third kappa shape index (κ3) is 2.50. The van der Waals surface area contributed by atoms with Crippen molar-refractivity contribution >= 4 is 17.3 Å². The highest BCUT2D eigenvalue weighted by molar-refractivity contribution is 6.34. The summed E-state index contributed by atoms with van der Waals surface area (Å²) in [4.78, 5) is 0. The third-order valence-corrected chi connectivity index (χ3v) is 2.42. The zero-order chi connectivity index (χ0) is 12.1. The van der Waals surface area contributed by atoms with Crippen molar-refractivity contribution in [1.29, 1.82) is 10.5 Å². The van der Waals surface area contributed by atoms with Crippen LogP contribution in [-0.2, 0) is 0 Å². The lowest BCUT2D eigenvalue weighted by atomic mass is 10.2. The number of nitriles is 2. The van der Waals surface area contributed by atoms with Crippen LogP contribution in [0.25, 0.3) is 0 Å². The predicted molar refractivity (Wildman–Crippen MR) is 59.1 cm³/mol. The van der Waals surface area contributed by atoms with E-state index in [9.17, 15) is 4.39 Å². The van der Waals surface area contributed by atoms with Crippen molar-refractivity contribution < 1.29 is 4.39 Å². The molecule has 0 aromatic heterocycles. The van der Waals surface area contributed by atoms with Crippen molar-refractivity contribution in [2.45, 2.75) is 6.92 Å². The van der Waals surface area contributed by atoms with Crippen molar-refractivity contribution in [3.8, 4) is 12.1 Å². The molecule has 5 heteroatoms. The van der Waals surface area contributed by atoms with Crippen LogP contribution in [0.5, 0.6) is 0 Å². The Balaban J connectivity index is 3.02. The van der Waals surface area contributed by atoms with Gasteiger partial charge < -0.3 is 5.32 Å². The highest BCUT2D eigenvalue weighted by Gasteiger charge is 2.06. The number of anilines is 1. The monoisotopic (exact) mass is 235 g/mol. The van der Waals surface area contributed by atoms with Crippen LogP contribution in [-0.4, -0.2) is 0 Å². The molecule has 1 aromatic rings. The summed E-state index contributed by atoms with van der Waals surface area (Å²) in [6.45, 7) is 1.54. The molecular formula is C11H7ClFN3. The van der Waals surface area contributed by atoms with Gasteiger partial charge in [0.15, 0.2) is 0 Å². The van der Waals surface area contributed by atoms with E-state index in [2.05, 4.69) is 5.32 Å². The largest absolute Gasteiger partial charge is 0.359 e. The van der Waals surface area contributed by atoms with E-state index >= 15 is 0 Å². The number of halogens is 2. The quantitative estimate of drug-likeness (QED) is 0.801. The van der Waals surface area contributed by atoms with Crippen molar-refractivity contribution in [2.75, 3.05) is 5.32 Å². The highest BCUT2D eigenvalue weighted by Crippen LogP contribution is 2.27. The number of rotatable bonds is 2. The van der Waals surface area contributed by atoms with Crippen LogP contribution in [0.2, 0.25) is 5.02 Å². The summed E-state index contributed by atoms with van der Waals surface area (Å²) in [5, 5.41) is 19.9. The van der Waals surface area contributed by atoms with Crippen molar-refractivity contribution in [2.24, 2.45) is 0 Å². The van der Waals surface area contributed by atoms with E-state index in [4.69, 9.17) is 22.1 Å². The molecule has 3 nitrogen and oxygen atoms in total. The maximum absolute atomic E-state index is 13.1. The first kappa shape index (κ1) is 12.0. The van der Waals surface area contributed by atoms with Crippen molar-refractivity contribution in [3.63, 3.8) is 0 Å². The van der Waals surface area contributed by atoms with Gasteiger partial charge in [0.05, 0.1) is 10.7 Å². The van der Waals surface area contributed by atoms with E-state index in [1.807, 2.05) is 0 Å². The molecule has 16 heavy (non-hydrogen) atoms. The molecule has 0 radical (unpaired) electrons. The first-order valence-corrected chi connectivity index (χ1v) is 4.69. The molecule has 1 rings (SSSR count). The van der Waals surface area contributed by atoms with Crippen LogP contribution in [0.3, 0.4) is 0 Å². The molecule has 0 fully saturated rings. The molecule has 0 saturated carbocycles. The molecular weight excluding hydrogens is 229 g/mol. The Morgan fingerprint density at radius 3 is 2.62 bits per heavy atom. The lowest BCUT2D eigenvalue weighted by Crippen LogP contribution is -1.94. The van der Waals surface area contributed by atoms with Gasteiger partial charge >= 0.3 is 0 Å². The van der Waals surface area contributed by atoms with Crippen LogP contribution in [0.4, 0.5) is 10.1 Å². The van der Waals surface area contributed by atoms with E-state index in [-0.39, 0.29) is 10.6 Å². The molecule has 0 unspecified atom stereocenters. The summed E-state index contributed by atoms with van der Waals surface area (Å²) in [5.41, 5.74) is 0.678. The number of allylic oxidation sites excluding steroid dienone is 1. The van der Waals surface area contributed by atoms with Crippen LogP contribution >= 0.6 is 11.6 Å². The van der Waals surface area contributed by atoms with Gasteiger partial charge in [0.2, 0.25) is 0 Å². The Bertz CT molecular complexity index is 507. The minimum Gasteiger partial charge on any atom is -0.359 e. The maximum Gasteiger partial charge on any atom is 0.145 e. The molecule has 0 aliphatic heterocycles. The fourth-order valence-electron chi connectivity index (χ4n) is 1.01. The third-order valence-electron chi connectivity index (χ3n) is 1.93. The molecule has 0 atom stereocenters. The average molecular weight is 236 g/mol. The summed E-state index contributed by atoms with van der Waals surface area (Å²) in [6, 6.07) is 6.07. The van der Waals surface area contributed by atoms with Crippen molar-refractivity contribution in [3.05, 3.63) is 40.3 Å². The Morgan fingerprint density at radius 1 is 1.44 bits per heavy atom. The first-order chi connectivity index (χ1) is 7.60. The van der Waals surface area contributed by atoms with Gasteiger partial charge in [0, 0.05) is 11.8 Å². The first-order valence-electron chi connectivity index (χ1n) is 4.31. The second kappa shape index (κ2) is 5.16. The average Bonchev–Trinajstić information content (AvgIpc) is 2.30. The molecule has 0 amide bonds. The Labute approximate surface area is 97.4 Å². The van der Waals surface area contributed by atoms with Crippen LogP contribution in [0.1, 0.15) is 5.56 Å². The molecule has 0 spiro atoms. The molecule has 0 heterocycles. The van der Waals surface area contributed by atoms with Crippen molar-refractivity contribution in [1.82, 2.24) is 0 Å². The Hall–Kier alpha value is -2.04.